The van der Waals surface area contributed by atoms with E-state index in [1.165, 1.54) is 4.57 Å². The number of rotatable bonds is 7. The van der Waals surface area contributed by atoms with Gasteiger partial charge in [-0.25, -0.2) is 4.79 Å². The average Bonchev–Trinajstić information content (AvgIpc) is 2.38. The summed E-state index contributed by atoms with van der Waals surface area (Å²) >= 11 is 3.33. The molecule has 0 bridgehead atoms. The van der Waals surface area contributed by atoms with Gasteiger partial charge < -0.3 is 0 Å². The van der Waals surface area contributed by atoms with E-state index in [1.807, 2.05) is 6.92 Å². The largest absolute Gasteiger partial charge is 0.350 e. The number of aromatic nitrogens is 2. The minimum absolute atomic E-state index is 0.202. The van der Waals surface area contributed by atoms with Crippen molar-refractivity contribution in [3.63, 3.8) is 0 Å². The van der Waals surface area contributed by atoms with E-state index in [-0.39, 0.29) is 13.1 Å². The molecule has 1 unspecified atom stereocenters. The summed E-state index contributed by atoms with van der Waals surface area (Å²) < 4.78 is 2.15. The molecule has 20 heavy (non-hydrogen) atoms. The minimum atomic E-state index is -0.823. The summed E-state index contributed by atoms with van der Waals surface area (Å²) in [5.41, 5.74) is -1.87. The first kappa shape index (κ1) is 16.6. The van der Waals surface area contributed by atoms with Crippen molar-refractivity contribution in [3.05, 3.63) is 37.1 Å². The lowest BCUT2D eigenvalue weighted by molar-refractivity contribution is -0.387. The van der Waals surface area contributed by atoms with Crippen LogP contribution in [-0.2, 0) is 13.1 Å². The third kappa shape index (κ3) is 3.78. The third-order valence-electron chi connectivity index (χ3n) is 3.20. The van der Waals surface area contributed by atoms with Gasteiger partial charge in [-0.05, 0) is 25.7 Å². The van der Waals surface area contributed by atoms with Gasteiger partial charge in [0.25, 0.3) is 0 Å². The van der Waals surface area contributed by atoms with Gasteiger partial charge in [0.1, 0.15) is 0 Å². The Labute approximate surface area is 124 Å². The highest BCUT2D eigenvalue weighted by Crippen LogP contribution is 2.10. The molecular formula is C12H18BrN3O4. The van der Waals surface area contributed by atoms with E-state index >= 15 is 0 Å². The van der Waals surface area contributed by atoms with Crippen molar-refractivity contribution in [1.82, 2.24) is 9.13 Å². The average molecular weight is 348 g/mol. The molecule has 1 heterocycles. The molecule has 1 aromatic heterocycles. The second-order valence-electron chi connectivity index (χ2n) is 4.67. The highest BCUT2D eigenvalue weighted by molar-refractivity contribution is 9.09. The summed E-state index contributed by atoms with van der Waals surface area (Å²) in [4.78, 5) is 34.1. The first-order chi connectivity index (χ1) is 9.42. The maximum absolute atomic E-state index is 12.1. The zero-order valence-electron chi connectivity index (χ0n) is 11.5. The first-order valence-electron chi connectivity index (χ1n) is 6.47. The van der Waals surface area contributed by atoms with Gasteiger partial charge in [0.2, 0.25) is 0 Å². The molecule has 0 N–H and O–H groups in total. The number of nitrogens with zero attached hydrogens (tertiary/aromatic N) is 3. The Morgan fingerprint density at radius 2 is 2.05 bits per heavy atom. The van der Waals surface area contributed by atoms with E-state index < -0.39 is 21.9 Å². The highest BCUT2D eigenvalue weighted by atomic mass is 79.9. The van der Waals surface area contributed by atoms with Crippen LogP contribution in [0.25, 0.3) is 0 Å². The molecule has 0 saturated heterocycles. The van der Waals surface area contributed by atoms with E-state index in [2.05, 4.69) is 15.9 Å². The van der Waals surface area contributed by atoms with Crippen LogP contribution in [-0.4, -0.2) is 19.4 Å². The smallest absolute Gasteiger partial charge is 0.294 e. The standard InChI is InChI=1S/C12H18BrN3O4/c1-3-14-8-10(16(19)20)11(17)15(12(14)18)7-5-9(2)4-6-13/h8-9H,3-7H2,1-2H3. The Morgan fingerprint density at radius 3 is 2.55 bits per heavy atom. The molecule has 1 rings (SSSR count). The van der Waals surface area contributed by atoms with Crippen molar-refractivity contribution in [3.8, 4) is 0 Å². The second kappa shape index (κ2) is 7.37. The SMILES string of the molecule is CCn1cc([N+](=O)[O-])c(=O)n(CCC(C)CCBr)c1=O. The molecule has 1 aromatic rings. The van der Waals surface area contributed by atoms with Crippen LogP contribution in [0.1, 0.15) is 26.7 Å². The molecule has 0 aliphatic rings. The molecule has 0 spiro atoms. The summed E-state index contributed by atoms with van der Waals surface area (Å²) in [6, 6.07) is 0. The van der Waals surface area contributed by atoms with E-state index in [4.69, 9.17) is 0 Å². The topological polar surface area (TPSA) is 87.1 Å². The van der Waals surface area contributed by atoms with E-state index in [1.54, 1.807) is 6.92 Å². The molecule has 0 fully saturated rings. The Morgan fingerprint density at radius 1 is 1.40 bits per heavy atom. The fourth-order valence-electron chi connectivity index (χ4n) is 1.87. The molecule has 112 valence electrons. The van der Waals surface area contributed by atoms with Gasteiger partial charge in [-0.15, -0.1) is 0 Å². The molecule has 8 heteroatoms. The predicted octanol–water partition coefficient (Wildman–Crippen LogP) is 1.75. The number of hydrogen-bond donors (Lipinski definition) is 0. The van der Waals surface area contributed by atoms with Crippen molar-refractivity contribution >= 4 is 21.6 Å². The van der Waals surface area contributed by atoms with Gasteiger partial charge in [-0.1, -0.05) is 22.9 Å². The molecular weight excluding hydrogens is 330 g/mol. The van der Waals surface area contributed by atoms with Crippen LogP contribution in [0.3, 0.4) is 0 Å². The van der Waals surface area contributed by atoms with Gasteiger partial charge in [-0.2, -0.15) is 0 Å². The summed E-state index contributed by atoms with van der Waals surface area (Å²) in [6.07, 6.45) is 2.57. The van der Waals surface area contributed by atoms with E-state index in [0.29, 0.717) is 12.3 Å². The number of hydrogen-bond acceptors (Lipinski definition) is 4. The minimum Gasteiger partial charge on any atom is -0.294 e. The lowest BCUT2D eigenvalue weighted by atomic mass is 10.1. The van der Waals surface area contributed by atoms with Crippen molar-refractivity contribution in [2.45, 2.75) is 39.8 Å². The zero-order valence-corrected chi connectivity index (χ0v) is 13.1. The Balaban J connectivity index is 3.17. The van der Waals surface area contributed by atoms with E-state index in [9.17, 15) is 19.7 Å². The quantitative estimate of drug-likeness (QED) is 0.427. The maximum Gasteiger partial charge on any atom is 0.350 e. The van der Waals surface area contributed by atoms with Crippen LogP contribution in [0.2, 0.25) is 0 Å². The molecule has 0 aromatic carbocycles. The molecule has 0 radical (unpaired) electrons. The number of nitro groups is 1. The van der Waals surface area contributed by atoms with Crippen molar-refractivity contribution in [2.75, 3.05) is 5.33 Å². The summed E-state index contributed by atoms with van der Waals surface area (Å²) in [5.74, 6) is 0.329. The normalized spacial score (nSPS) is 12.3. The van der Waals surface area contributed by atoms with Crippen LogP contribution in [0.4, 0.5) is 5.69 Å². The fraction of sp³-hybridized carbons (Fsp3) is 0.667. The Hall–Kier alpha value is -1.44. The van der Waals surface area contributed by atoms with Gasteiger partial charge >= 0.3 is 16.9 Å². The molecule has 0 amide bonds. The van der Waals surface area contributed by atoms with Crippen LogP contribution in [0, 0.1) is 16.0 Å². The fourth-order valence-corrected chi connectivity index (χ4v) is 2.65. The third-order valence-corrected chi connectivity index (χ3v) is 3.66. The van der Waals surface area contributed by atoms with Gasteiger partial charge in [0.05, 0.1) is 11.1 Å². The molecule has 0 saturated carbocycles. The molecule has 7 nitrogen and oxygen atoms in total. The lowest BCUT2D eigenvalue weighted by Gasteiger charge is -2.12. The van der Waals surface area contributed by atoms with Crippen LogP contribution in [0.5, 0.6) is 0 Å². The predicted molar refractivity (Wildman–Crippen MR) is 79.5 cm³/mol. The summed E-state index contributed by atoms with van der Waals surface area (Å²) in [5, 5.41) is 11.7. The summed E-state index contributed by atoms with van der Waals surface area (Å²) in [7, 11) is 0. The van der Waals surface area contributed by atoms with Crippen LogP contribution >= 0.6 is 15.9 Å². The maximum atomic E-state index is 12.1. The van der Waals surface area contributed by atoms with Crippen molar-refractivity contribution in [1.29, 1.82) is 0 Å². The van der Waals surface area contributed by atoms with Gasteiger partial charge in [0.15, 0.2) is 0 Å². The number of aryl methyl sites for hydroxylation is 1. The second-order valence-corrected chi connectivity index (χ2v) is 5.46. The van der Waals surface area contributed by atoms with Crippen LogP contribution < -0.4 is 11.2 Å². The molecule has 0 aliphatic carbocycles. The monoisotopic (exact) mass is 347 g/mol. The Bertz CT molecular complexity index is 593. The van der Waals surface area contributed by atoms with Gasteiger partial charge in [0, 0.05) is 18.4 Å². The number of halogens is 1. The zero-order chi connectivity index (χ0) is 15.3. The molecule has 1 atom stereocenters. The molecule has 0 aliphatic heterocycles. The van der Waals surface area contributed by atoms with Crippen LogP contribution in [0.15, 0.2) is 15.8 Å². The van der Waals surface area contributed by atoms with Gasteiger partial charge in [-0.3, -0.25) is 24.0 Å². The van der Waals surface area contributed by atoms with Crippen molar-refractivity contribution in [2.24, 2.45) is 5.92 Å². The number of alkyl halides is 1. The Kier molecular flexibility index (Phi) is 6.12. The summed E-state index contributed by atoms with van der Waals surface area (Å²) in [6.45, 7) is 4.21. The lowest BCUT2D eigenvalue weighted by Crippen LogP contribution is -2.40. The first-order valence-corrected chi connectivity index (χ1v) is 7.59. The van der Waals surface area contributed by atoms with E-state index in [0.717, 1.165) is 22.5 Å². The van der Waals surface area contributed by atoms with Crippen molar-refractivity contribution < 1.29 is 4.92 Å². The highest BCUT2D eigenvalue weighted by Gasteiger charge is 2.19.